The van der Waals surface area contributed by atoms with Crippen molar-refractivity contribution in [3.8, 4) is 0 Å². The van der Waals surface area contributed by atoms with Crippen molar-refractivity contribution in [2.24, 2.45) is 10.9 Å². The van der Waals surface area contributed by atoms with E-state index in [0.29, 0.717) is 24.4 Å². The maximum absolute atomic E-state index is 13.1. The molecule has 0 N–H and O–H groups in total. The van der Waals surface area contributed by atoms with Gasteiger partial charge in [-0.1, -0.05) is 30.3 Å². The van der Waals surface area contributed by atoms with Gasteiger partial charge in [-0.25, -0.2) is 4.79 Å². The normalized spacial score (nSPS) is 24.4. The number of rotatable bonds is 7. The third kappa shape index (κ3) is 4.96. The van der Waals surface area contributed by atoms with E-state index >= 15 is 0 Å². The number of carbonyl (C=O) groups excluding carboxylic acids is 2. The molecule has 32 heavy (non-hydrogen) atoms. The predicted octanol–water partition coefficient (Wildman–Crippen LogP) is 4.21. The van der Waals surface area contributed by atoms with Gasteiger partial charge >= 0.3 is 11.9 Å². The molecule has 0 saturated carbocycles. The molecule has 0 aliphatic carbocycles. The Kier molecular flexibility index (Phi) is 7.10. The van der Waals surface area contributed by atoms with Crippen LogP contribution in [0.2, 0.25) is 0 Å². The zero-order chi connectivity index (χ0) is 22.5. The lowest BCUT2D eigenvalue weighted by Crippen LogP contribution is -2.53. The van der Waals surface area contributed by atoms with Crippen LogP contribution in [-0.4, -0.2) is 53.8 Å². The second kappa shape index (κ2) is 10.2. The average molecular weight is 451 g/mol. The molecule has 2 aliphatic rings. The summed E-state index contributed by atoms with van der Waals surface area (Å²) in [6.45, 7) is 0.268. The van der Waals surface area contributed by atoms with Crippen LogP contribution in [0.15, 0.2) is 59.6 Å². The van der Waals surface area contributed by atoms with Crippen LogP contribution >= 0.6 is 12.2 Å². The van der Waals surface area contributed by atoms with Crippen molar-refractivity contribution >= 4 is 35.0 Å². The van der Waals surface area contributed by atoms with E-state index in [1.165, 1.54) is 0 Å². The topological polar surface area (TPSA) is 68.2 Å². The van der Waals surface area contributed by atoms with Crippen molar-refractivity contribution in [1.82, 2.24) is 4.90 Å². The first-order valence-electron chi connectivity index (χ1n) is 10.9. The number of ether oxygens (including phenoxy) is 2. The molecular weight excluding hydrogens is 424 g/mol. The molecule has 4 atom stereocenters. The van der Waals surface area contributed by atoms with E-state index in [1.54, 1.807) is 24.3 Å². The zero-order valence-corrected chi connectivity index (χ0v) is 18.8. The predicted molar refractivity (Wildman–Crippen MR) is 124 cm³/mol. The Morgan fingerprint density at radius 2 is 1.88 bits per heavy atom. The summed E-state index contributed by atoms with van der Waals surface area (Å²) < 4.78 is 11.5. The second-order valence-corrected chi connectivity index (χ2v) is 8.50. The molecular formula is C25H26N2O4S. The third-order valence-electron chi connectivity index (χ3n) is 6.50. The summed E-state index contributed by atoms with van der Waals surface area (Å²) in [5, 5.41) is 2.34. The Labute approximate surface area is 193 Å². The van der Waals surface area contributed by atoms with Crippen molar-refractivity contribution in [1.29, 1.82) is 0 Å². The molecule has 2 heterocycles. The smallest absolute Gasteiger partial charge is 0.338 e. The van der Waals surface area contributed by atoms with Crippen molar-refractivity contribution in [3.05, 3.63) is 65.7 Å². The number of hydrogen-bond acceptors (Lipinski definition) is 7. The number of esters is 2. The number of fused-ring (bicyclic) bond motifs is 2. The average Bonchev–Trinajstić information content (AvgIpc) is 3.04. The van der Waals surface area contributed by atoms with Crippen molar-refractivity contribution in [2.45, 2.75) is 43.9 Å². The molecule has 0 spiro atoms. The highest BCUT2D eigenvalue weighted by Crippen LogP contribution is 2.40. The van der Waals surface area contributed by atoms with E-state index in [9.17, 15) is 9.59 Å². The Hall–Kier alpha value is -2.86. The highest BCUT2D eigenvalue weighted by Gasteiger charge is 2.51. The van der Waals surface area contributed by atoms with E-state index in [0.717, 1.165) is 24.1 Å². The van der Waals surface area contributed by atoms with Gasteiger partial charge in [0.25, 0.3) is 0 Å². The van der Waals surface area contributed by atoms with Crippen LogP contribution in [-0.2, 0) is 20.7 Å². The lowest BCUT2D eigenvalue weighted by Gasteiger charge is -2.40. The fourth-order valence-corrected chi connectivity index (χ4v) is 4.89. The molecule has 2 bridgehead atoms. The monoisotopic (exact) mass is 450 g/mol. The minimum absolute atomic E-state index is 0.0293. The lowest BCUT2D eigenvalue weighted by molar-refractivity contribution is -0.159. The summed E-state index contributed by atoms with van der Waals surface area (Å²) in [4.78, 5) is 32.0. The quantitative estimate of drug-likeness (QED) is 0.358. The van der Waals surface area contributed by atoms with Gasteiger partial charge in [0.15, 0.2) is 0 Å². The Balaban J connectivity index is 1.40. The maximum Gasteiger partial charge on any atom is 0.338 e. The summed E-state index contributed by atoms with van der Waals surface area (Å²) in [6, 6.07) is 16.8. The van der Waals surface area contributed by atoms with Crippen LogP contribution in [0.4, 0.5) is 5.69 Å². The van der Waals surface area contributed by atoms with Crippen LogP contribution in [0, 0.1) is 5.92 Å². The van der Waals surface area contributed by atoms with Crippen LogP contribution in [0.25, 0.3) is 0 Å². The van der Waals surface area contributed by atoms with Crippen LogP contribution < -0.4 is 0 Å². The van der Waals surface area contributed by atoms with Gasteiger partial charge in [-0.15, -0.1) is 0 Å². The van der Waals surface area contributed by atoms with E-state index in [-0.39, 0.29) is 18.6 Å². The van der Waals surface area contributed by atoms with E-state index in [1.807, 2.05) is 37.4 Å². The van der Waals surface area contributed by atoms with Crippen LogP contribution in [0.3, 0.4) is 0 Å². The first kappa shape index (κ1) is 22.3. The van der Waals surface area contributed by atoms with Gasteiger partial charge in [0.1, 0.15) is 12.0 Å². The molecule has 0 aromatic heterocycles. The number of thiocarbonyl (C=S) groups is 1. The molecule has 6 nitrogen and oxygen atoms in total. The molecule has 0 amide bonds. The summed E-state index contributed by atoms with van der Waals surface area (Å²) in [7, 11) is 2.04. The van der Waals surface area contributed by atoms with Gasteiger partial charge in [0.2, 0.25) is 0 Å². The SMILES string of the molecule is CN1[C@H]2CC[C@@H]1[C@@H](C(=O)OCCc1ccc(N=C=S)cc1)[C@@H](OC(=O)c1ccccc1)C2. The second-order valence-electron chi connectivity index (χ2n) is 8.32. The molecule has 0 radical (unpaired) electrons. The van der Waals surface area contributed by atoms with Crippen molar-refractivity contribution < 1.29 is 19.1 Å². The minimum Gasteiger partial charge on any atom is -0.465 e. The van der Waals surface area contributed by atoms with Gasteiger partial charge in [-0.3, -0.25) is 9.69 Å². The first-order valence-corrected chi connectivity index (χ1v) is 11.3. The number of aliphatic imine (C=N–C) groups is 1. The Bertz CT molecular complexity index is 1000. The molecule has 7 heteroatoms. The summed E-state index contributed by atoms with van der Waals surface area (Å²) in [5.74, 6) is -1.17. The molecule has 2 aromatic rings. The summed E-state index contributed by atoms with van der Waals surface area (Å²) in [6.07, 6.45) is 2.67. The molecule has 2 aliphatic heterocycles. The van der Waals surface area contributed by atoms with Gasteiger partial charge < -0.3 is 9.47 Å². The van der Waals surface area contributed by atoms with E-state index in [2.05, 4.69) is 27.3 Å². The number of hydrogen-bond donors (Lipinski definition) is 0. The van der Waals surface area contributed by atoms with Crippen molar-refractivity contribution in [2.75, 3.05) is 13.7 Å². The summed E-state index contributed by atoms with van der Waals surface area (Å²) >= 11 is 4.61. The number of piperidine rings is 1. The molecule has 2 aromatic carbocycles. The number of nitrogens with zero attached hydrogens (tertiary/aromatic N) is 2. The van der Waals surface area contributed by atoms with E-state index < -0.39 is 18.0 Å². The van der Waals surface area contributed by atoms with Gasteiger partial charge in [-0.2, -0.15) is 4.99 Å². The number of benzene rings is 2. The van der Waals surface area contributed by atoms with Gasteiger partial charge in [0, 0.05) is 24.9 Å². The first-order chi connectivity index (χ1) is 15.6. The lowest BCUT2D eigenvalue weighted by atomic mass is 9.87. The standard InChI is InChI=1S/C25H26N2O4S/c1-27-20-11-12-21(27)23(22(15-20)31-24(28)18-5-3-2-4-6-18)25(29)30-14-13-17-7-9-19(10-8-17)26-16-32/h2-10,20-23H,11-15H2,1H3/t20-,21+,22-,23+/m0/s1. The highest BCUT2D eigenvalue weighted by molar-refractivity contribution is 7.78. The Morgan fingerprint density at radius 1 is 1.12 bits per heavy atom. The highest BCUT2D eigenvalue weighted by atomic mass is 32.1. The van der Waals surface area contributed by atoms with Crippen LogP contribution in [0.1, 0.15) is 35.2 Å². The minimum atomic E-state index is -0.481. The molecule has 4 rings (SSSR count). The van der Waals surface area contributed by atoms with Crippen LogP contribution in [0.5, 0.6) is 0 Å². The molecule has 2 fully saturated rings. The van der Waals surface area contributed by atoms with Gasteiger partial charge in [-0.05, 0) is 61.9 Å². The number of isothiocyanates is 1. The largest absolute Gasteiger partial charge is 0.465 e. The molecule has 166 valence electrons. The fraction of sp³-hybridized carbons (Fsp3) is 0.400. The molecule has 0 unspecified atom stereocenters. The summed E-state index contributed by atoms with van der Waals surface area (Å²) in [5.41, 5.74) is 2.27. The maximum atomic E-state index is 13.1. The zero-order valence-electron chi connectivity index (χ0n) is 18.0. The number of carbonyl (C=O) groups is 2. The fourth-order valence-electron chi connectivity index (χ4n) is 4.79. The molecule has 2 saturated heterocycles. The third-order valence-corrected chi connectivity index (χ3v) is 6.59. The van der Waals surface area contributed by atoms with Gasteiger partial charge in [0.05, 0.1) is 23.0 Å². The van der Waals surface area contributed by atoms with E-state index in [4.69, 9.17) is 9.47 Å². The van der Waals surface area contributed by atoms with Crippen molar-refractivity contribution in [3.63, 3.8) is 0 Å². The Morgan fingerprint density at radius 3 is 2.59 bits per heavy atom.